The molecule has 0 atom stereocenters. The molecule has 2 aromatic carbocycles. The van der Waals surface area contributed by atoms with E-state index in [2.05, 4.69) is 10.3 Å². The Balaban J connectivity index is 1.85. The van der Waals surface area contributed by atoms with Gasteiger partial charge in [-0.1, -0.05) is 0 Å². The Morgan fingerprint density at radius 2 is 1.88 bits per heavy atom. The van der Waals surface area contributed by atoms with Crippen molar-refractivity contribution in [2.24, 2.45) is 0 Å². The van der Waals surface area contributed by atoms with Crippen molar-refractivity contribution < 1.29 is 13.9 Å². The number of nitrogens with one attached hydrogen (secondary N) is 2. The van der Waals surface area contributed by atoms with Gasteiger partial charge in [-0.2, -0.15) is 0 Å². The molecule has 124 valence electrons. The molecule has 0 bridgehead atoms. The fourth-order valence-electron chi connectivity index (χ4n) is 2.54. The number of amides is 1. The van der Waals surface area contributed by atoms with Crippen molar-refractivity contribution >= 4 is 16.8 Å². The third kappa shape index (κ3) is 3.25. The van der Waals surface area contributed by atoms with Gasteiger partial charge in [0.25, 0.3) is 5.91 Å². The van der Waals surface area contributed by atoms with E-state index >= 15 is 0 Å². The molecule has 0 radical (unpaired) electrons. The van der Waals surface area contributed by atoms with Crippen LogP contribution in [0.25, 0.3) is 10.9 Å². The highest BCUT2D eigenvalue weighted by Crippen LogP contribution is 2.34. The van der Waals surface area contributed by atoms with Crippen LogP contribution in [0.15, 0.2) is 42.5 Å². The molecule has 1 heterocycles. The van der Waals surface area contributed by atoms with Gasteiger partial charge < -0.3 is 15.0 Å². The van der Waals surface area contributed by atoms with Gasteiger partial charge in [0.05, 0.1) is 5.69 Å². The SMILES string of the molecule is Cc1[nH]c2ccc(F)cc2c1Oc1ccc(C(=O)NC(C)C)cc1. The highest BCUT2D eigenvalue weighted by Gasteiger charge is 2.12. The Bertz CT molecular complexity index is 882. The second-order valence-corrected chi connectivity index (χ2v) is 6.02. The fraction of sp³-hybridized carbons (Fsp3) is 0.211. The predicted molar refractivity (Wildman–Crippen MR) is 92.1 cm³/mol. The van der Waals surface area contributed by atoms with Gasteiger partial charge in [0, 0.05) is 22.5 Å². The van der Waals surface area contributed by atoms with Gasteiger partial charge in [0.2, 0.25) is 0 Å². The monoisotopic (exact) mass is 326 g/mol. The number of aromatic nitrogens is 1. The van der Waals surface area contributed by atoms with Crippen LogP contribution in [0.4, 0.5) is 4.39 Å². The van der Waals surface area contributed by atoms with E-state index < -0.39 is 0 Å². The van der Waals surface area contributed by atoms with Crippen LogP contribution in [0.2, 0.25) is 0 Å². The van der Waals surface area contributed by atoms with Gasteiger partial charge >= 0.3 is 0 Å². The summed E-state index contributed by atoms with van der Waals surface area (Å²) < 4.78 is 19.4. The standard InChI is InChI=1S/C19H19FN2O2/c1-11(2)21-19(23)13-4-7-15(8-5-13)24-18-12(3)22-17-9-6-14(20)10-16(17)18/h4-11,22H,1-3H3,(H,21,23). The molecule has 5 heteroatoms. The number of fused-ring (bicyclic) bond motifs is 1. The van der Waals surface area contributed by atoms with Crippen LogP contribution < -0.4 is 10.1 Å². The number of ether oxygens (including phenoxy) is 1. The van der Waals surface area contributed by atoms with Crippen LogP contribution in [0, 0.1) is 12.7 Å². The Hall–Kier alpha value is -2.82. The van der Waals surface area contributed by atoms with Crippen LogP contribution in [0.5, 0.6) is 11.5 Å². The lowest BCUT2D eigenvalue weighted by Crippen LogP contribution is -2.29. The van der Waals surface area contributed by atoms with Crippen LogP contribution >= 0.6 is 0 Å². The van der Waals surface area contributed by atoms with Crippen molar-refractivity contribution in [3.05, 3.63) is 59.5 Å². The zero-order valence-electron chi connectivity index (χ0n) is 13.8. The molecular formula is C19H19FN2O2. The van der Waals surface area contributed by atoms with Gasteiger partial charge in [-0.25, -0.2) is 4.39 Å². The summed E-state index contributed by atoms with van der Waals surface area (Å²) in [6.45, 7) is 5.69. The molecule has 2 N–H and O–H groups in total. The minimum Gasteiger partial charge on any atom is -0.455 e. The summed E-state index contributed by atoms with van der Waals surface area (Å²) in [5.74, 6) is 0.738. The summed E-state index contributed by atoms with van der Waals surface area (Å²) in [4.78, 5) is 15.1. The minimum absolute atomic E-state index is 0.0807. The predicted octanol–water partition coefficient (Wildman–Crippen LogP) is 4.55. The van der Waals surface area contributed by atoms with Crippen LogP contribution in [-0.2, 0) is 0 Å². The molecule has 0 saturated heterocycles. The zero-order chi connectivity index (χ0) is 17.3. The van der Waals surface area contributed by atoms with Gasteiger partial charge in [-0.15, -0.1) is 0 Å². The summed E-state index contributed by atoms with van der Waals surface area (Å²) in [5.41, 5.74) is 2.20. The molecule has 0 unspecified atom stereocenters. The molecule has 1 amide bonds. The van der Waals surface area contributed by atoms with E-state index in [1.165, 1.54) is 12.1 Å². The molecule has 0 fully saturated rings. The largest absolute Gasteiger partial charge is 0.455 e. The first-order chi connectivity index (χ1) is 11.4. The number of carbonyl (C=O) groups is 1. The van der Waals surface area contributed by atoms with E-state index in [9.17, 15) is 9.18 Å². The third-order valence-corrected chi connectivity index (χ3v) is 3.65. The average molecular weight is 326 g/mol. The Morgan fingerprint density at radius 1 is 1.17 bits per heavy atom. The Labute approximate surface area is 139 Å². The topological polar surface area (TPSA) is 54.1 Å². The highest BCUT2D eigenvalue weighted by molar-refractivity contribution is 5.94. The van der Waals surface area contributed by atoms with Gasteiger partial charge in [0.15, 0.2) is 5.75 Å². The van der Waals surface area contributed by atoms with Crippen LogP contribution in [0.1, 0.15) is 29.9 Å². The molecule has 24 heavy (non-hydrogen) atoms. The number of hydrogen-bond acceptors (Lipinski definition) is 2. The molecule has 0 saturated carbocycles. The van der Waals surface area contributed by atoms with E-state index in [-0.39, 0.29) is 17.8 Å². The molecular weight excluding hydrogens is 307 g/mol. The van der Waals surface area contributed by atoms with Crippen molar-refractivity contribution in [3.63, 3.8) is 0 Å². The normalized spacial score (nSPS) is 11.0. The number of carbonyl (C=O) groups excluding carboxylic acids is 1. The molecule has 4 nitrogen and oxygen atoms in total. The van der Waals surface area contributed by atoms with Crippen molar-refractivity contribution in [3.8, 4) is 11.5 Å². The number of H-pyrrole nitrogens is 1. The van der Waals surface area contributed by atoms with Gasteiger partial charge in [0.1, 0.15) is 11.6 Å². The lowest BCUT2D eigenvalue weighted by molar-refractivity contribution is 0.0943. The number of hydrogen-bond donors (Lipinski definition) is 2. The van der Waals surface area contributed by atoms with Crippen molar-refractivity contribution in [1.29, 1.82) is 0 Å². The second-order valence-electron chi connectivity index (χ2n) is 6.02. The van der Waals surface area contributed by atoms with E-state index in [4.69, 9.17) is 4.74 Å². The number of benzene rings is 2. The second kappa shape index (κ2) is 6.35. The average Bonchev–Trinajstić information content (AvgIpc) is 2.83. The summed E-state index contributed by atoms with van der Waals surface area (Å²) in [7, 11) is 0. The van der Waals surface area contributed by atoms with Crippen molar-refractivity contribution in [2.75, 3.05) is 0 Å². The summed E-state index contributed by atoms with van der Waals surface area (Å²) in [6, 6.07) is 11.5. The molecule has 0 aliphatic carbocycles. The maximum absolute atomic E-state index is 13.5. The molecule has 0 aliphatic heterocycles. The molecule has 1 aromatic heterocycles. The van der Waals surface area contributed by atoms with Gasteiger partial charge in [-0.05, 0) is 63.2 Å². The maximum Gasteiger partial charge on any atom is 0.251 e. The van der Waals surface area contributed by atoms with E-state index in [1.807, 2.05) is 20.8 Å². The van der Waals surface area contributed by atoms with Crippen LogP contribution in [0.3, 0.4) is 0 Å². The number of aryl methyl sites for hydroxylation is 1. The van der Waals surface area contributed by atoms with E-state index in [0.717, 1.165) is 11.2 Å². The number of halogens is 1. The molecule has 3 rings (SSSR count). The quantitative estimate of drug-likeness (QED) is 0.739. The lowest BCUT2D eigenvalue weighted by Gasteiger charge is -2.09. The molecule has 3 aromatic rings. The Morgan fingerprint density at radius 3 is 2.54 bits per heavy atom. The summed E-state index contributed by atoms with van der Waals surface area (Å²) in [6.07, 6.45) is 0. The highest BCUT2D eigenvalue weighted by atomic mass is 19.1. The van der Waals surface area contributed by atoms with Crippen molar-refractivity contribution in [2.45, 2.75) is 26.8 Å². The molecule has 0 spiro atoms. The first-order valence-corrected chi connectivity index (χ1v) is 7.80. The van der Waals surface area contributed by atoms with Crippen LogP contribution in [-0.4, -0.2) is 16.9 Å². The lowest BCUT2D eigenvalue weighted by atomic mass is 10.2. The molecule has 0 aliphatic rings. The first kappa shape index (κ1) is 16.1. The smallest absolute Gasteiger partial charge is 0.251 e. The number of aromatic amines is 1. The van der Waals surface area contributed by atoms with Crippen molar-refractivity contribution in [1.82, 2.24) is 10.3 Å². The van der Waals surface area contributed by atoms with E-state index in [1.54, 1.807) is 30.3 Å². The van der Waals surface area contributed by atoms with E-state index in [0.29, 0.717) is 22.4 Å². The Kier molecular flexibility index (Phi) is 4.25. The summed E-state index contributed by atoms with van der Waals surface area (Å²) in [5, 5.41) is 3.53. The fourth-order valence-corrected chi connectivity index (χ4v) is 2.54. The first-order valence-electron chi connectivity index (χ1n) is 7.80. The zero-order valence-corrected chi connectivity index (χ0v) is 13.8. The number of rotatable bonds is 4. The third-order valence-electron chi connectivity index (χ3n) is 3.65. The van der Waals surface area contributed by atoms with Gasteiger partial charge in [-0.3, -0.25) is 4.79 Å². The maximum atomic E-state index is 13.5. The minimum atomic E-state index is -0.313. The summed E-state index contributed by atoms with van der Waals surface area (Å²) >= 11 is 0.